The summed E-state index contributed by atoms with van der Waals surface area (Å²) in [5.41, 5.74) is 0. The maximum absolute atomic E-state index is 10.0. The van der Waals surface area contributed by atoms with Gasteiger partial charge in [0.15, 0.2) is 0 Å². The first kappa shape index (κ1) is 10.4. The maximum Gasteiger partial charge on any atom is 0.0692 e. The van der Waals surface area contributed by atoms with Gasteiger partial charge in [0.1, 0.15) is 0 Å². The molecule has 0 saturated heterocycles. The van der Waals surface area contributed by atoms with Crippen LogP contribution in [0.15, 0.2) is 0 Å². The molecule has 82 valence electrons. The van der Waals surface area contributed by atoms with Crippen molar-refractivity contribution in [2.24, 2.45) is 11.8 Å². The normalized spacial score (nSPS) is 35.6. The molecule has 0 aromatic heterocycles. The average molecular weight is 197 g/mol. The molecule has 0 aliphatic heterocycles. The van der Waals surface area contributed by atoms with E-state index < -0.39 is 0 Å². The second-order valence-corrected chi connectivity index (χ2v) is 5.28. The number of aliphatic hydroxyl groups is 1. The van der Waals surface area contributed by atoms with E-state index in [4.69, 9.17) is 0 Å². The number of nitrogens with one attached hydrogen (secondary N) is 1. The van der Waals surface area contributed by atoms with Crippen molar-refractivity contribution in [3.05, 3.63) is 0 Å². The van der Waals surface area contributed by atoms with Crippen LogP contribution in [0.3, 0.4) is 0 Å². The minimum Gasteiger partial charge on any atom is -0.392 e. The first-order valence-corrected chi connectivity index (χ1v) is 6.17. The Balaban J connectivity index is 1.68. The molecule has 0 spiro atoms. The predicted octanol–water partition coefficient (Wildman–Crippen LogP) is 1.93. The van der Waals surface area contributed by atoms with Gasteiger partial charge in [0.2, 0.25) is 0 Å². The minimum atomic E-state index is -0.0988. The second kappa shape index (κ2) is 4.63. The molecule has 0 amide bonds. The summed E-state index contributed by atoms with van der Waals surface area (Å²) in [5, 5.41) is 13.4. The highest BCUT2D eigenvalue weighted by Gasteiger charge is 2.27. The molecule has 2 saturated carbocycles. The van der Waals surface area contributed by atoms with Crippen LogP contribution in [0.25, 0.3) is 0 Å². The lowest BCUT2D eigenvalue weighted by Gasteiger charge is -2.30. The Hall–Kier alpha value is -0.0800. The molecule has 0 radical (unpaired) electrons. The Labute approximate surface area is 87.1 Å². The smallest absolute Gasteiger partial charge is 0.0692 e. The number of rotatable bonds is 4. The number of hydrogen-bond acceptors (Lipinski definition) is 2. The summed E-state index contributed by atoms with van der Waals surface area (Å²) in [7, 11) is 0. The third kappa shape index (κ3) is 2.96. The average Bonchev–Trinajstić information content (AvgIpc) is 2.97. The van der Waals surface area contributed by atoms with Crippen molar-refractivity contribution in [1.82, 2.24) is 5.32 Å². The fourth-order valence-electron chi connectivity index (χ4n) is 2.57. The topological polar surface area (TPSA) is 32.3 Å². The quantitative estimate of drug-likeness (QED) is 0.721. The lowest BCUT2D eigenvalue weighted by molar-refractivity contribution is 0.0710. The van der Waals surface area contributed by atoms with Crippen LogP contribution in [0.1, 0.15) is 45.4 Å². The van der Waals surface area contributed by atoms with Gasteiger partial charge in [-0.05, 0) is 37.5 Å². The first-order valence-electron chi connectivity index (χ1n) is 6.17. The van der Waals surface area contributed by atoms with Gasteiger partial charge in [-0.15, -0.1) is 0 Å². The van der Waals surface area contributed by atoms with Crippen LogP contribution in [0.2, 0.25) is 0 Å². The maximum atomic E-state index is 10.0. The highest BCUT2D eigenvalue weighted by Crippen LogP contribution is 2.30. The summed E-state index contributed by atoms with van der Waals surface area (Å²) in [6.07, 6.45) is 7.66. The van der Waals surface area contributed by atoms with Crippen molar-refractivity contribution in [2.75, 3.05) is 6.54 Å². The van der Waals surface area contributed by atoms with Crippen LogP contribution in [0.5, 0.6) is 0 Å². The molecule has 2 rings (SSSR count). The summed E-state index contributed by atoms with van der Waals surface area (Å²) in [4.78, 5) is 0. The summed E-state index contributed by atoms with van der Waals surface area (Å²) >= 11 is 0. The van der Waals surface area contributed by atoms with Gasteiger partial charge in [-0.2, -0.15) is 0 Å². The van der Waals surface area contributed by atoms with E-state index in [1.165, 1.54) is 38.5 Å². The molecule has 3 unspecified atom stereocenters. The Kier molecular flexibility index (Phi) is 3.45. The summed E-state index contributed by atoms with van der Waals surface area (Å²) in [5.74, 6) is 1.38. The van der Waals surface area contributed by atoms with Gasteiger partial charge in [0, 0.05) is 12.6 Å². The van der Waals surface area contributed by atoms with Gasteiger partial charge in [0.05, 0.1) is 6.10 Å². The minimum absolute atomic E-state index is 0.0988. The zero-order chi connectivity index (χ0) is 9.97. The molecule has 14 heavy (non-hydrogen) atoms. The van der Waals surface area contributed by atoms with Crippen LogP contribution < -0.4 is 5.32 Å². The predicted molar refractivity (Wildman–Crippen MR) is 58.2 cm³/mol. The fourth-order valence-corrected chi connectivity index (χ4v) is 2.57. The number of hydrogen-bond donors (Lipinski definition) is 2. The molecule has 2 nitrogen and oxygen atoms in total. The van der Waals surface area contributed by atoms with Crippen molar-refractivity contribution in [3.63, 3.8) is 0 Å². The molecule has 0 heterocycles. The van der Waals surface area contributed by atoms with E-state index in [1.807, 2.05) is 0 Å². The summed E-state index contributed by atoms with van der Waals surface area (Å²) in [6.45, 7) is 3.13. The standard InChI is InChI=1S/C12H23NO/c1-9-3-2-4-10(7-9)12(14)8-13-11-5-6-11/h9-14H,2-8H2,1H3. The lowest BCUT2D eigenvalue weighted by Crippen LogP contribution is -2.36. The third-order valence-corrected chi connectivity index (χ3v) is 3.71. The highest BCUT2D eigenvalue weighted by atomic mass is 16.3. The van der Waals surface area contributed by atoms with E-state index in [2.05, 4.69) is 12.2 Å². The van der Waals surface area contributed by atoms with Gasteiger partial charge < -0.3 is 10.4 Å². The zero-order valence-electron chi connectivity index (χ0n) is 9.21. The molecule has 2 N–H and O–H groups in total. The van der Waals surface area contributed by atoms with E-state index >= 15 is 0 Å². The van der Waals surface area contributed by atoms with Crippen molar-refractivity contribution < 1.29 is 5.11 Å². The fraction of sp³-hybridized carbons (Fsp3) is 1.00. The third-order valence-electron chi connectivity index (χ3n) is 3.71. The van der Waals surface area contributed by atoms with Crippen molar-refractivity contribution in [2.45, 2.75) is 57.6 Å². The van der Waals surface area contributed by atoms with E-state index in [0.717, 1.165) is 18.5 Å². The Morgan fingerprint density at radius 3 is 2.71 bits per heavy atom. The van der Waals surface area contributed by atoms with Gasteiger partial charge in [-0.3, -0.25) is 0 Å². The van der Waals surface area contributed by atoms with Crippen LogP contribution in [0.4, 0.5) is 0 Å². The Morgan fingerprint density at radius 1 is 1.29 bits per heavy atom. The Morgan fingerprint density at radius 2 is 2.07 bits per heavy atom. The molecular weight excluding hydrogens is 174 g/mol. The molecule has 2 heteroatoms. The van der Waals surface area contributed by atoms with Crippen molar-refractivity contribution in [3.8, 4) is 0 Å². The van der Waals surface area contributed by atoms with Gasteiger partial charge in [-0.1, -0.05) is 19.8 Å². The van der Waals surface area contributed by atoms with Crippen molar-refractivity contribution in [1.29, 1.82) is 0 Å². The summed E-state index contributed by atoms with van der Waals surface area (Å²) < 4.78 is 0. The van der Waals surface area contributed by atoms with Crippen molar-refractivity contribution >= 4 is 0 Å². The summed E-state index contributed by atoms with van der Waals surface area (Å²) in [6, 6.07) is 0.727. The largest absolute Gasteiger partial charge is 0.392 e. The van der Waals surface area contributed by atoms with E-state index in [0.29, 0.717) is 5.92 Å². The zero-order valence-corrected chi connectivity index (χ0v) is 9.21. The first-order chi connectivity index (χ1) is 6.75. The molecule has 3 atom stereocenters. The molecular formula is C12H23NO. The molecule has 2 fully saturated rings. The van der Waals surface area contributed by atoms with E-state index in [-0.39, 0.29) is 6.10 Å². The number of aliphatic hydroxyl groups excluding tert-OH is 1. The van der Waals surface area contributed by atoms with Crippen LogP contribution in [0, 0.1) is 11.8 Å². The highest BCUT2D eigenvalue weighted by molar-refractivity contribution is 4.84. The van der Waals surface area contributed by atoms with E-state index in [9.17, 15) is 5.11 Å². The molecule has 2 aliphatic carbocycles. The van der Waals surface area contributed by atoms with Gasteiger partial charge >= 0.3 is 0 Å². The van der Waals surface area contributed by atoms with Gasteiger partial charge in [-0.25, -0.2) is 0 Å². The Bertz CT molecular complexity index is 179. The molecule has 0 bridgehead atoms. The molecule has 2 aliphatic rings. The second-order valence-electron chi connectivity index (χ2n) is 5.28. The van der Waals surface area contributed by atoms with Crippen LogP contribution in [-0.2, 0) is 0 Å². The van der Waals surface area contributed by atoms with Crippen LogP contribution >= 0.6 is 0 Å². The van der Waals surface area contributed by atoms with E-state index in [1.54, 1.807) is 0 Å². The molecule has 0 aromatic carbocycles. The monoisotopic (exact) mass is 197 g/mol. The van der Waals surface area contributed by atoms with Gasteiger partial charge in [0.25, 0.3) is 0 Å². The molecule has 0 aromatic rings. The van der Waals surface area contributed by atoms with Crippen LogP contribution in [-0.4, -0.2) is 23.8 Å². The SMILES string of the molecule is CC1CCCC(C(O)CNC2CC2)C1. The lowest BCUT2D eigenvalue weighted by atomic mass is 9.79.